The number of rotatable bonds is 0. The molecule has 2 heterocycles. The van der Waals surface area contributed by atoms with Crippen molar-refractivity contribution >= 4 is 10.8 Å². The Hall–Kier alpha value is -1.77. The van der Waals surface area contributed by atoms with Crippen molar-refractivity contribution in [2.75, 3.05) is 6.79 Å². The van der Waals surface area contributed by atoms with Crippen LogP contribution in [0.15, 0.2) is 12.1 Å². The molecule has 1 aromatic carbocycles. The number of nitrogens with zero attached hydrogens (tertiary/aromatic N) is 1. The first-order valence-electron chi connectivity index (χ1n) is 5.34. The summed E-state index contributed by atoms with van der Waals surface area (Å²) in [4.78, 5) is 4.53. The maximum atomic E-state index is 5.55. The van der Waals surface area contributed by atoms with Gasteiger partial charge in [0.15, 0.2) is 11.5 Å². The van der Waals surface area contributed by atoms with Gasteiger partial charge in [-0.05, 0) is 38.5 Å². The molecule has 0 N–H and O–H groups in total. The van der Waals surface area contributed by atoms with Gasteiger partial charge in [0, 0.05) is 22.2 Å². The Morgan fingerprint density at radius 3 is 2.69 bits per heavy atom. The van der Waals surface area contributed by atoms with Gasteiger partial charge >= 0.3 is 0 Å². The zero-order chi connectivity index (χ0) is 11.3. The fourth-order valence-electron chi connectivity index (χ4n) is 2.22. The Morgan fingerprint density at radius 1 is 1.06 bits per heavy atom. The molecule has 1 aromatic heterocycles. The first-order valence-corrected chi connectivity index (χ1v) is 5.34. The lowest BCUT2D eigenvalue weighted by Gasteiger charge is -2.10. The van der Waals surface area contributed by atoms with Crippen LogP contribution in [0.5, 0.6) is 11.5 Å². The zero-order valence-electron chi connectivity index (χ0n) is 9.63. The molecule has 0 fully saturated rings. The van der Waals surface area contributed by atoms with E-state index in [4.69, 9.17) is 9.47 Å². The Morgan fingerprint density at radius 2 is 1.88 bits per heavy atom. The molecule has 0 atom stereocenters. The van der Waals surface area contributed by atoms with E-state index in [1.807, 2.05) is 19.9 Å². The van der Waals surface area contributed by atoms with Crippen molar-refractivity contribution in [3.63, 3.8) is 0 Å². The van der Waals surface area contributed by atoms with Crippen LogP contribution in [0.2, 0.25) is 0 Å². The maximum Gasteiger partial charge on any atom is 0.231 e. The van der Waals surface area contributed by atoms with Crippen molar-refractivity contribution in [1.29, 1.82) is 0 Å². The minimum Gasteiger partial charge on any atom is -0.454 e. The fraction of sp³-hybridized carbons (Fsp3) is 0.308. The molecule has 1 aliphatic rings. The molecule has 0 bridgehead atoms. The van der Waals surface area contributed by atoms with Gasteiger partial charge in [0.25, 0.3) is 0 Å². The van der Waals surface area contributed by atoms with Gasteiger partial charge in [-0.1, -0.05) is 0 Å². The van der Waals surface area contributed by atoms with Crippen LogP contribution in [-0.2, 0) is 0 Å². The Labute approximate surface area is 94.0 Å². The largest absolute Gasteiger partial charge is 0.454 e. The predicted octanol–water partition coefficient (Wildman–Crippen LogP) is 2.89. The summed E-state index contributed by atoms with van der Waals surface area (Å²) in [6.07, 6.45) is 0. The van der Waals surface area contributed by atoms with Gasteiger partial charge in [0.2, 0.25) is 6.79 Å². The molecule has 0 radical (unpaired) electrons. The van der Waals surface area contributed by atoms with E-state index in [9.17, 15) is 0 Å². The van der Waals surface area contributed by atoms with E-state index in [1.54, 1.807) is 0 Å². The van der Waals surface area contributed by atoms with E-state index >= 15 is 0 Å². The molecule has 3 heteroatoms. The van der Waals surface area contributed by atoms with Crippen LogP contribution < -0.4 is 9.47 Å². The molecule has 3 nitrogen and oxygen atoms in total. The van der Waals surface area contributed by atoms with Crippen molar-refractivity contribution in [3.05, 3.63) is 29.1 Å². The van der Waals surface area contributed by atoms with E-state index in [2.05, 4.69) is 18.0 Å². The molecular weight excluding hydrogens is 202 g/mol. The molecule has 0 aliphatic carbocycles. The van der Waals surface area contributed by atoms with Crippen LogP contribution in [0.1, 0.15) is 17.0 Å². The number of ether oxygens (including phenoxy) is 2. The van der Waals surface area contributed by atoms with Crippen LogP contribution in [0.25, 0.3) is 10.8 Å². The van der Waals surface area contributed by atoms with Crippen molar-refractivity contribution in [3.8, 4) is 11.5 Å². The highest BCUT2D eigenvalue weighted by atomic mass is 16.7. The number of aromatic nitrogens is 1. The third-order valence-corrected chi connectivity index (χ3v) is 3.18. The molecular formula is C13H13NO2. The molecule has 0 unspecified atom stereocenters. The van der Waals surface area contributed by atoms with E-state index < -0.39 is 0 Å². The number of aryl methyl sites for hydroxylation is 3. The third-order valence-electron chi connectivity index (χ3n) is 3.18. The quantitative estimate of drug-likeness (QED) is 0.677. The van der Waals surface area contributed by atoms with Gasteiger partial charge in [-0.25, -0.2) is 0 Å². The van der Waals surface area contributed by atoms with E-state index in [-0.39, 0.29) is 0 Å². The first-order chi connectivity index (χ1) is 7.68. The lowest BCUT2D eigenvalue weighted by molar-refractivity contribution is 0.175. The summed E-state index contributed by atoms with van der Waals surface area (Å²) in [5, 5.41) is 2.28. The normalized spacial score (nSPS) is 13.4. The van der Waals surface area contributed by atoms with Gasteiger partial charge in [0.05, 0.1) is 0 Å². The summed E-state index contributed by atoms with van der Waals surface area (Å²) in [5.41, 5.74) is 3.26. The Kier molecular flexibility index (Phi) is 1.84. The fourth-order valence-corrected chi connectivity index (χ4v) is 2.22. The molecule has 3 rings (SSSR count). The Bertz CT molecular complexity index is 590. The highest BCUT2D eigenvalue weighted by Crippen LogP contribution is 2.41. The number of hydrogen-bond donors (Lipinski definition) is 0. The maximum absolute atomic E-state index is 5.55. The molecule has 0 spiro atoms. The number of hydrogen-bond acceptors (Lipinski definition) is 3. The molecule has 16 heavy (non-hydrogen) atoms. The standard InChI is InChI=1S/C13H13NO2/c1-7-8(2)14-9(3)10-4-5-11-13(12(7)10)16-6-15-11/h4-5H,6H2,1-3H3. The van der Waals surface area contributed by atoms with Gasteiger partial charge in [-0.2, -0.15) is 0 Å². The molecule has 0 saturated heterocycles. The number of benzene rings is 1. The van der Waals surface area contributed by atoms with Gasteiger partial charge in [-0.15, -0.1) is 0 Å². The molecule has 82 valence electrons. The summed E-state index contributed by atoms with van der Waals surface area (Å²) in [5.74, 6) is 1.70. The van der Waals surface area contributed by atoms with E-state index in [1.165, 1.54) is 5.56 Å². The smallest absolute Gasteiger partial charge is 0.231 e. The zero-order valence-corrected chi connectivity index (χ0v) is 9.63. The first kappa shape index (κ1) is 9.46. The average molecular weight is 215 g/mol. The third kappa shape index (κ3) is 1.11. The monoisotopic (exact) mass is 215 g/mol. The SMILES string of the molecule is Cc1nc(C)c2ccc3c(c2c1C)OCO3. The minimum absolute atomic E-state index is 0.314. The van der Waals surface area contributed by atoms with Crippen molar-refractivity contribution < 1.29 is 9.47 Å². The van der Waals surface area contributed by atoms with E-state index in [0.717, 1.165) is 33.7 Å². The second-order valence-electron chi connectivity index (χ2n) is 4.13. The van der Waals surface area contributed by atoms with Crippen LogP contribution in [0, 0.1) is 20.8 Å². The number of pyridine rings is 1. The van der Waals surface area contributed by atoms with E-state index in [0.29, 0.717) is 6.79 Å². The van der Waals surface area contributed by atoms with Crippen molar-refractivity contribution in [1.82, 2.24) is 4.98 Å². The van der Waals surface area contributed by atoms with Crippen molar-refractivity contribution in [2.24, 2.45) is 0 Å². The highest BCUT2D eigenvalue weighted by Gasteiger charge is 2.19. The summed E-state index contributed by atoms with van der Waals surface area (Å²) in [6, 6.07) is 4.01. The second-order valence-corrected chi connectivity index (χ2v) is 4.13. The van der Waals surface area contributed by atoms with Gasteiger partial charge in [-0.3, -0.25) is 4.98 Å². The Balaban J connectivity index is 2.51. The minimum atomic E-state index is 0.314. The van der Waals surface area contributed by atoms with Crippen LogP contribution in [0.4, 0.5) is 0 Å². The van der Waals surface area contributed by atoms with Crippen LogP contribution >= 0.6 is 0 Å². The molecule has 0 amide bonds. The van der Waals surface area contributed by atoms with Gasteiger partial charge in [0.1, 0.15) is 0 Å². The van der Waals surface area contributed by atoms with Crippen LogP contribution in [0.3, 0.4) is 0 Å². The average Bonchev–Trinajstić information content (AvgIpc) is 2.72. The summed E-state index contributed by atoms with van der Waals surface area (Å²) >= 11 is 0. The summed E-state index contributed by atoms with van der Waals surface area (Å²) < 4.78 is 11.0. The van der Waals surface area contributed by atoms with Crippen molar-refractivity contribution in [2.45, 2.75) is 20.8 Å². The summed E-state index contributed by atoms with van der Waals surface area (Å²) in [7, 11) is 0. The van der Waals surface area contributed by atoms with Gasteiger partial charge < -0.3 is 9.47 Å². The highest BCUT2D eigenvalue weighted by molar-refractivity contribution is 5.95. The summed E-state index contributed by atoms with van der Waals surface area (Å²) in [6.45, 7) is 6.44. The molecule has 2 aromatic rings. The lowest BCUT2D eigenvalue weighted by atomic mass is 10.0. The molecule has 1 aliphatic heterocycles. The molecule has 0 saturated carbocycles. The predicted molar refractivity (Wildman–Crippen MR) is 62.1 cm³/mol. The number of fused-ring (bicyclic) bond motifs is 3. The topological polar surface area (TPSA) is 31.4 Å². The second kappa shape index (κ2) is 3.11. The lowest BCUT2D eigenvalue weighted by Crippen LogP contribution is -1.95. The van der Waals surface area contributed by atoms with Crippen LogP contribution in [-0.4, -0.2) is 11.8 Å².